The van der Waals surface area contributed by atoms with E-state index in [1.165, 1.54) is 0 Å². The Morgan fingerprint density at radius 2 is 1.85 bits per heavy atom. The molecule has 1 rings (SSSR count). The van der Waals surface area contributed by atoms with E-state index in [9.17, 15) is 8.78 Å². The molecule has 68 valence electrons. The maximum atomic E-state index is 12.5. The van der Waals surface area contributed by atoms with Crippen LogP contribution in [0.3, 0.4) is 0 Å². The summed E-state index contributed by atoms with van der Waals surface area (Å²) in [5.41, 5.74) is 1.00. The Morgan fingerprint density at radius 3 is 2.31 bits per heavy atom. The van der Waals surface area contributed by atoms with Gasteiger partial charge in [-0.1, -0.05) is 17.7 Å². The summed E-state index contributed by atoms with van der Waals surface area (Å²) in [7, 11) is 0. The SMILES string of the molecule is Cc1ccc(SC(F)(F)C#N)cc1. The molecule has 0 heterocycles. The zero-order valence-electron chi connectivity index (χ0n) is 6.92. The van der Waals surface area contributed by atoms with Gasteiger partial charge in [-0.2, -0.15) is 14.0 Å². The summed E-state index contributed by atoms with van der Waals surface area (Å²) < 4.78 is 25.1. The van der Waals surface area contributed by atoms with Gasteiger partial charge in [-0.15, -0.1) is 0 Å². The maximum Gasteiger partial charge on any atom is 0.384 e. The minimum atomic E-state index is -3.34. The third kappa shape index (κ3) is 3.03. The molecule has 0 aliphatic carbocycles. The topological polar surface area (TPSA) is 23.8 Å². The standard InChI is InChI=1S/C9H7F2NS/c1-7-2-4-8(5-3-7)13-9(10,11)6-12/h2-5H,1H3. The number of alkyl halides is 2. The highest BCUT2D eigenvalue weighted by molar-refractivity contribution is 8.00. The van der Waals surface area contributed by atoms with Crippen molar-refractivity contribution in [2.75, 3.05) is 0 Å². The molecule has 0 aliphatic rings. The summed E-state index contributed by atoms with van der Waals surface area (Å²) in [5.74, 6) is 0. The van der Waals surface area contributed by atoms with E-state index in [1.54, 1.807) is 24.3 Å². The molecular formula is C9H7F2NS. The number of nitrogens with zero attached hydrogens (tertiary/aromatic N) is 1. The molecule has 0 spiro atoms. The lowest BCUT2D eigenvalue weighted by atomic mass is 10.2. The lowest BCUT2D eigenvalue weighted by molar-refractivity contribution is 0.171. The molecule has 0 bridgehead atoms. The highest BCUT2D eigenvalue weighted by Crippen LogP contribution is 2.34. The van der Waals surface area contributed by atoms with E-state index in [-0.39, 0.29) is 11.8 Å². The zero-order chi connectivity index (χ0) is 9.90. The fraction of sp³-hybridized carbons (Fsp3) is 0.222. The molecule has 0 aromatic heterocycles. The summed E-state index contributed by atoms with van der Waals surface area (Å²) in [4.78, 5) is 0.400. The average Bonchev–Trinajstić information content (AvgIpc) is 2.09. The quantitative estimate of drug-likeness (QED) is 0.683. The van der Waals surface area contributed by atoms with Crippen LogP contribution in [-0.2, 0) is 0 Å². The van der Waals surface area contributed by atoms with E-state index in [1.807, 2.05) is 6.92 Å². The van der Waals surface area contributed by atoms with Crippen LogP contribution in [0.5, 0.6) is 0 Å². The Hall–Kier alpha value is -1.08. The van der Waals surface area contributed by atoms with Crippen molar-refractivity contribution >= 4 is 11.8 Å². The molecule has 1 nitrogen and oxygen atoms in total. The molecule has 0 aliphatic heterocycles. The Morgan fingerprint density at radius 1 is 1.31 bits per heavy atom. The molecular weight excluding hydrogens is 192 g/mol. The van der Waals surface area contributed by atoms with Gasteiger partial charge in [-0.3, -0.25) is 0 Å². The van der Waals surface area contributed by atoms with Crippen molar-refractivity contribution in [1.29, 1.82) is 5.26 Å². The van der Waals surface area contributed by atoms with E-state index >= 15 is 0 Å². The molecule has 0 unspecified atom stereocenters. The van der Waals surface area contributed by atoms with Gasteiger partial charge in [0, 0.05) is 4.90 Å². The number of rotatable bonds is 2. The second-order valence-corrected chi connectivity index (χ2v) is 3.73. The number of benzene rings is 1. The smallest absolute Gasteiger partial charge is 0.191 e. The second kappa shape index (κ2) is 3.75. The Bertz CT molecular complexity index is 326. The number of thioether (sulfide) groups is 1. The average molecular weight is 199 g/mol. The van der Waals surface area contributed by atoms with Gasteiger partial charge in [0.05, 0.1) is 0 Å². The first-order valence-corrected chi connectivity index (χ1v) is 4.40. The van der Waals surface area contributed by atoms with E-state index in [2.05, 4.69) is 0 Å². The third-order valence-electron chi connectivity index (χ3n) is 1.40. The normalized spacial score (nSPS) is 10.9. The van der Waals surface area contributed by atoms with Gasteiger partial charge in [0.15, 0.2) is 6.07 Å². The summed E-state index contributed by atoms with van der Waals surface area (Å²) >= 11 is 0.260. The van der Waals surface area contributed by atoms with Crippen molar-refractivity contribution in [3.63, 3.8) is 0 Å². The number of aryl methyl sites for hydroxylation is 1. The lowest BCUT2D eigenvalue weighted by Crippen LogP contribution is -2.04. The van der Waals surface area contributed by atoms with Crippen molar-refractivity contribution in [3.8, 4) is 6.07 Å². The molecule has 0 N–H and O–H groups in total. The number of hydrogen-bond acceptors (Lipinski definition) is 2. The third-order valence-corrected chi connectivity index (χ3v) is 2.25. The van der Waals surface area contributed by atoms with Crippen molar-refractivity contribution in [3.05, 3.63) is 29.8 Å². The fourth-order valence-electron chi connectivity index (χ4n) is 0.777. The molecule has 0 fully saturated rings. The van der Waals surface area contributed by atoms with E-state index in [0.29, 0.717) is 4.90 Å². The van der Waals surface area contributed by atoms with Gasteiger partial charge < -0.3 is 0 Å². The van der Waals surface area contributed by atoms with Crippen LogP contribution in [0.4, 0.5) is 8.78 Å². The monoisotopic (exact) mass is 199 g/mol. The molecule has 0 atom stereocenters. The highest BCUT2D eigenvalue weighted by Gasteiger charge is 2.29. The van der Waals surface area contributed by atoms with Gasteiger partial charge in [0.25, 0.3) is 0 Å². The first-order valence-electron chi connectivity index (χ1n) is 3.58. The van der Waals surface area contributed by atoms with Crippen molar-refractivity contribution in [2.45, 2.75) is 17.1 Å². The van der Waals surface area contributed by atoms with Gasteiger partial charge in [0.2, 0.25) is 0 Å². The summed E-state index contributed by atoms with van der Waals surface area (Å²) in [6.45, 7) is 1.87. The van der Waals surface area contributed by atoms with E-state index in [0.717, 1.165) is 11.6 Å². The number of halogens is 2. The summed E-state index contributed by atoms with van der Waals surface area (Å²) in [5, 5.41) is 4.75. The van der Waals surface area contributed by atoms with Gasteiger partial charge >= 0.3 is 5.25 Å². The molecule has 0 amide bonds. The van der Waals surface area contributed by atoms with Crippen LogP contribution in [0.1, 0.15) is 5.56 Å². The molecule has 0 saturated heterocycles. The van der Waals surface area contributed by atoms with Crippen LogP contribution in [0, 0.1) is 18.3 Å². The van der Waals surface area contributed by atoms with Crippen molar-refractivity contribution < 1.29 is 8.78 Å². The molecule has 1 aromatic rings. The highest BCUT2D eigenvalue weighted by atomic mass is 32.2. The Kier molecular flexibility index (Phi) is 2.89. The molecule has 4 heteroatoms. The first-order chi connectivity index (χ1) is 6.03. The molecule has 1 aromatic carbocycles. The minimum Gasteiger partial charge on any atom is -0.191 e. The summed E-state index contributed by atoms with van der Waals surface area (Å²) in [6, 6.07) is 7.55. The number of nitriles is 1. The van der Waals surface area contributed by atoms with Crippen LogP contribution in [0.25, 0.3) is 0 Å². The first kappa shape index (κ1) is 10.0. The van der Waals surface area contributed by atoms with Crippen LogP contribution in [-0.4, -0.2) is 5.25 Å². The molecule has 0 radical (unpaired) electrons. The second-order valence-electron chi connectivity index (χ2n) is 2.54. The van der Waals surface area contributed by atoms with E-state index < -0.39 is 5.25 Å². The zero-order valence-corrected chi connectivity index (χ0v) is 7.74. The van der Waals surface area contributed by atoms with Crippen molar-refractivity contribution in [2.24, 2.45) is 0 Å². The van der Waals surface area contributed by atoms with Crippen LogP contribution < -0.4 is 0 Å². The van der Waals surface area contributed by atoms with Gasteiger partial charge in [0.1, 0.15) is 0 Å². The van der Waals surface area contributed by atoms with Gasteiger partial charge in [-0.05, 0) is 30.8 Å². The Balaban J connectivity index is 2.77. The van der Waals surface area contributed by atoms with Crippen molar-refractivity contribution in [1.82, 2.24) is 0 Å². The van der Waals surface area contributed by atoms with Crippen LogP contribution in [0.2, 0.25) is 0 Å². The van der Waals surface area contributed by atoms with Gasteiger partial charge in [-0.25, -0.2) is 0 Å². The van der Waals surface area contributed by atoms with Crippen LogP contribution >= 0.6 is 11.8 Å². The van der Waals surface area contributed by atoms with E-state index in [4.69, 9.17) is 5.26 Å². The number of hydrogen-bond donors (Lipinski definition) is 0. The predicted octanol–water partition coefficient (Wildman–Crippen LogP) is 3.20. The largest absolute Gasteiger partial charge is 0.384 e. The van der Waals surface area contributed by atoms with Crippen LogP contribution in [0.15, 0.2) is 29.2 Å². The summed E-state index contributed by atoms with van der Waals surface area (Å²) in [6.07, 6.45) is 0. The maximum absolute atomic E-state index is 12.5. The lowest BCUT2D eigenvalue weighted by Gasteiger charge is -2.06. The predicted molar refractivity (Wildman–Crippen MR) is 47.6 cm³/mol. The molecule has 13 heavy (non-hydrogen) atoms. The minimum absolute atomic E-state index is 0.260. The Labute approximate surface area is 79.4 Å². The fourth-order valence-corrected chi connectivity index (χ4v) is 1.39. The molecule has 0 saturated carbocycles.